The highest BCUT2D eigenvalue weighted by Crippen LogP contribution is 2.24. The van der Waals surface area contributed by atoms with Crippen molar-refractivity contribution in [2.75, 3.05) is 5.73 Å². The van der Waals surface area contributed by atoms with Crippen LogP contribution in [-0.4, -0.2) is 4.98 Å². The van der Waals surface area contributed by atoms with Crippen LogP contribution in [0.15, 0.2) is 40.8 Å². The number of hydrogen-bond donors (Lipinski definition) is 1. The highest BCUT2D eigenvalue weighted by atomic mass is 16.5. The zero-order chi connectivity index (χ0) is 14.1. The summed E-state index contributed by atoms with van der Waals surface area (Å²) in [5, 5.41) is 0. The molecule has 1 heterocycles. The first kappa shape index (κ1) is 12.5. The monoisotopic (exact) mass is 268 g/mol. The Kier molecular flexibility index (Phi) is 3.06. The number of ether oxygens (including phenoxy) is 1. The SMILES string of the molecule is Cc1cccc(C)c1OCc1nc2ccc(N)cc2o1. The van der Waals surface area contributed by atoms with Crippen molar-refractivity contribution in [2.45, 2.75) is 20.5 Å². The average molecular weight is 268 g/mol. The number of para-hydroxylation sites is 1. The summed E-state index contributed by atoms with van der Waals surface area (Å²) in [6.07, 6.45) is 0. The van der Waals surface area contributed by atoms with Gasteiger partial charge in [-0.2, -0.15) is 0 Å². The molecule has 0 aliphatic carbocycles. The number of rotatable bonds is 3. The zero-order valence-electron chi connectivity index (χ0n) is 11.5. The third kappa shape index (κ3) is 2.32. The van der Waals surface area contributed by atoms with Crippen LogP contribution in [0.1, 0.15) is 17.0 Å². The fraction of sp³-hybridized carbons (Fsp3) is 0.188. The van der Waals surface area contributed by atoms with Gasteiger partial charge in [0.1, 0.15) is 11.3 Å². The van der Waals surface area contributed by atoms with Gasteiger partial charge in [-0.25, -0.2) is 4.98 Å². The van der Waals surface area contributed by atoms with E-state index in [0.29, 0.717) is 23.8 Å². The van der Waals surface area contributed by atoms with Crippen LogP contribution >= 0.6 is 0 Å². The Morgan fingerprint density at radius 2 is 1.90 bits per heavy atom. The van der Waals surface area contributed by atoms with Gasteiger partial charge in [-0.1, -0.05) is 18.2 Å². The molecule has 0 spiro atoms. The van der Waals surface area contributed by atoms with E-state index in [1.54, 1.807) is 12.1 Å². The van der Waals surface area contributed by atoms with Crippen LogP contribution in [0, 0.1) is 13.8 Å². The molecule has 20 heavy (non-hydrogen) atoms. The lowest BCUT2D eigenvalue weighted by atomic mass is 10.1. The first-order valence-corrected chi connectivity index (χ1v) is 6.47. The van der Waals surface area contributed by atoms with Crippen molar-refractivity contribution >= 4 is 16.8 Å². The van der Waals surface area contributed by atoms with E-state index in [0.717, 1.165) is 22.4 Å². The van der Waals surface area contributed by atoms with E-state index in [4.69, 9.17) is 14.9 Å². The summed E-state index contributed by atoms with van der Waals surface area (Å²) < 4.78 is 11.5. The van der Waals surface area contributed by atoms with E-state index in [2.05, 4.69) is 4.98 Å². The van der Waals surface area contributed by atoms with Gasteiger partial charge in [0.05, 0.1) is 0 Å². The number of nitrogens with two attached hydrogens (primary N) is 1. The molecule has 4 heteroatoms. The number of oxazole rings is 1. The smallest absolute Gasteiger partial charge is 0.233 e. The second-order valence-corrected chi connectivity index (χ2v) is 4.84. The number of aromatic nitrogens is 1. The lowest BCUT2D eigenvalue weighted by molar-refractivity contribution is 0.264. The Hall–Kier alpha value is -2.49. The maximum Gasteiger partial charge on any atom is 0.233 e. The molecule has 0 atom stereocenters. The summed E-state index contributed by atoms with van der Waals surface area (Å²) >= 11 is 0. The van der Waals surface area contributed by atoms with E-state index in [-0.39, 0.29) is 0 Å². The molecule has 2 aromatic carbocycles. The van der Waals surface area contributed by atoms with Crippen LogP contribution in [0.3, 0.4) is 0 Å². The summed E-state index contributed by atoms with van der Waals surface area (Å²) in [5.41, 5.74) is 10.1. The van der Waals surface area contributed by atoms with E-state index in [1.807, 2.05) is 38.1 Å². The predicted molar refractivity (Wildman–Crippen MR) is 78.7 cm³/mol. The highest BCUT2D eigenvalue weighted by Gasteiger charge is 2.09. The molecule has 1 aromatic heterocycles. The van der Waals surface area contributed by atoms with E-state index in [1.165, 1.54) is 0 Å². The third-order valence-electron chi connectivity index (χ3n) is 3.21. The van der Waals surface area contributed by atoms with Gasteiger partial charge >= 0.3 is 0 Å². The molecule has 0 saturated carbocycles. The number of nitrogens with zero attached hydrogens (tertiary/aromatic N) is 1. The van der Waals surface area contributed by atoms with Crippen molar-refractivity contribution in [3.63, 3.8) is 0 Å². The van der Waals surface area contributed by atoms with Gasteiger partial charge in [-0.15, -0.1) is 0 Å². The van der Waals surface area contributed by atoms with Gasteiger partial charge in [0.2, 0.25) is 5.89 Å². The van der Waals surface area contributed by atoms with Gasteiger partial charge in [0, 0.05) is 11.8 Å². The fourth-order valence-corrected chi connectivity index (χ4v) is 2.21. The van der Waals surface area contributed by atoms with Crippen molar-refractivity contribution in [2.24, 2.45) is 0 Å². The normalized spacial score (nSPS) is 10.9. The molecule has 0 fully saturated rings. The lowest BCUT2D eigenvalue weighted by Gasteiger charge is -2.09. The van der Waals surface area contributed by atoms with Crippen LogP contribution in [0.5, 0.6) is 5.75 Å². The van der Waals surface area contributed by atoms with E-state index in [9.17, 15) is 0 Å². The molecule has 0 saturated heterocycles. The van der Waals surface area contributed by atoms with Crippen LogP contribution in [0.4, 0.5) is 5.69 Å². The van der Waals surface area contributed by atoms with Crippen LogP contribution in [0.25, 0.3) is 11.1 Å². The molecule has 0 aliphatic heterocycles. The first-order valence-electron chi connectivity index (χ1n) is 6.47. The largest absolute Gasteiger partial charge is 0.483 e. The van der Waals surface area contributed by atoms with Crippen molar-refractivity contribution in [3.05, 3.63) is 53.4 Å². The summed E-state index contributed by atoms with van der Waals surface area (Å²) in [4.78, 5) is 4.38. The van der Waals surface area contributed by atoms with Crippen molar-refractivity contribution < 1.29 is 9.15 Å². The molecule has 102 valence electrons. The van der Waals surface area contributed by atoms with Crippen LogP contribution in [-0.2, 0) is 6.61 Å². The second-order valence-electron chi connectivity index (χ2n) is 4.84. The predicted octanol–water partition coefficient (Wildman–Crippen LogP) is 3.61. The molecule has 0 radical (unpaired) electrons. The molecule has 0 unspecified atom stereocenters. The molecular formula is C16H16N2O2. The molecule has 0 bridgehead atoms. The fourth-order valence-electron chi connectivity index (χ4n) is 2.21. The zero-order valence-corrected chi connectivity index (χ0v) is 11.5. The van der Waals surface area contributed by atoms with Crippen molar-refractivity contribution in [1.29, 1.82) is 0 Å². The summed E-state index contributed by atoms with van der Waals surface area (Å²) in [6, 6.07) is 11.5. The first-order chi connectivity index (χ1) is 9.63. The third-order valence-corrected chi connectivity index (χ3v) is 3.21. The summed E-state index contributed by atoms with van der Waals surface area (Å²) in [7, 11) is 0. The van der Waals surface area contributed by atoms with Crippen LogP contribution < -0.4 is 10.5 Å². The standard InChI is InChI=1S/C16H16N2O2/c1-10-4-3-5-11(2)16(10)19-9-15-18-13-7-6-12(17)8-14(13)20-15/h3-8H,9,17H2,1-2H3. The molecule has 0 amide bonds. The Morgan fingerprint density at radius 3 is 2.65 bits per heavy atom. The topological polar surface area (TPSA) is 61.3 Å². The Morgan fingerprint density at radius 1 is 1.15 bits per heavy atom. The summed E-state index contributed by atoms with van der Waals surface area (Å²) in [5.74, 6) is 1.43. The minimum atomic E-state index is 0.306. The molecule has 4 nitrogen and oxygen atoms in total. The number of hydrogen-bond acceptors (Lipinski definition) is 4. The minimum absolute atomic E-state index is 0.306. The van der Waals surface area contributed by atoms with Crippen molar-refractivity contribution in [3.8, 4) is 5.75 Å². The molecule has 3 aromatic rings. The number of aryl methyl sites for hydroxylation is 2. The van der Waals surface area contributed by atoms with Gasteiger partial charge in [0.15, 0.2) is 12.2 Å². The lowest BCUT2D eigenvalue weighted by Crippen LogP contribution is -1.98. The number of fused-ring (bicyclic) bond motifs is 1. The number of nitrogen functional groups attached to an aromatic ring is 1. The second kappa shape index (κ2) is 4.89. The van der Waals surface area contributed by atoms with Crippen LogP contribution in [0.2, 0.25) is 0 Å². The van der Waals surface area contributed by atoms with Gasteiger partial charge < -0.3 is 14.9 Å². The van der Waals surface area contributed by atoms with Gasteiger partial charge in [-0.3, -0.25) is 0 Å². The van der Waals surface area contributed by atoms with E-state index >= 15 is 0 Å². The average Bonchev–Trinajstić information content (AvgIpc) is 2.80. The van der Waals surface area contributed by atoms with Gasteiger partial charge in [0.25, 0.3) is 0 Å². The maximum absolute atomic E-state index is 5.83. The number of anilines is 1. The molecule has 2 N–H and O–H groups in total. The molecular weight excluding hydrogens is 252 g/mol. The van der Waals surface area contributed by atoms with Gasteiger partial charge in [-0.05, 0) is 37.1 Å². The maximum atomic E-state index is 5.83. The number of benzene rings is 2. The summed E-state index contributed by atoms with van der Waals surface area (Å²) in [6.45, 7) is 4.35. The highest BCUT2D eigenvalue weighted by molar-refractivity contribution is 5.76. The molecule has 0 aliphatic rings. The van der Waals surface area contributed by atoms with E-state index < -0.39 is 0 Å². The van der Waals surface area contributed by atoms with Crippen molar-refractivity contribution in [1.82, 2.24) is 4.98 Å². The Labute approximate surface area is 117 Å². The quantitative estimate of drug-likeness (QED) is 0.737. The Bertz CT molecular complexity index is 742. The molecule has 3 rings (SSSR count). The minimum Gasteiger partial charge on any atom is -0.483 e. The Balaban J connectivity index is 1.83.